The molecule has 5 nitrogen and oxygen atoms in total. The molecule has 27 heavy (non-hydrogen) atoms. The van der Waals surface area contributed by atoms with Gasteiger partial charge in [0.25, 0.3) is 0 Å². The minimum atomic E-state index is -4.63. The number of hydrogen-bond donors (Lipinski definition) is 1. The molecule has 0 bridgehead atoms. The van der Waals surface area contributed by atoms with E-state index in [0.29, 0.717) is 24.5 Å². The van der Waals surface area contributed by atoms with Gasteiger partial charge in [0.1, 0.15) is 5.83 Å². The van der Waals surface area contributed by atoms with E-state index in [1.807, 2.05) is 0 Å². The van der Waals surface area contributed by atoms with Crippen LogP contribution in [-0.2, 0) is 6.18 Å². The van der Waals surface area contributed by atoms with Crippen LogP contribution in [0.2, 0.25) is 0 Å². The van der Waals surface area contributed by atoms with E-state index in [9.17, 15) is 22.4 Å². The van der Waals surface area contributed by atoms with Crippen LogP contribution in [0.25, 0.3) is 5.83 Å². The lowest BCUT2D eigenvalue weighted by molar-refractivity contribution is -0.137. The quantitative estimate of drug-likeness (QED) is 0.809. The molecule has 1 saturated heterocycles. The number of aromatic nitrogens is 2. The molecule has 0 unspecified atom stereocenters. The fourth-order valence-electron chi connectivity index (χ4n) is 2.95. The van der Waals surface area contributed by atoms with Gasteiger partial charge in [-0.3, -0.25) is 0 Å². The Bertz CT molecular complexity index is 869. The Morgan fingerprint density at radius 1 is 1.04 bits per heavy atom. The van der Waals surface area contributed by atoms with Crippen LogP contribution in [0.5, 0.6) is 0 Å². The standard InChI is InChI=1S/C18H15F4N3O2/c19-16(12-3-1-2-4-13(12)18(20,21)22)11-7-9-25(10-8-11)15-6-5-14(17(26)27)23-24-15/h1-6H,7-10H2,(H,26,27). The summed E-state index contributed by atoms with van der Waals surface area (Å²) in [6.45, 7) is 0.691. The van der Waals surface area contributed by atoms with Crippen molar-refractivity contribution >= 4 is 17.6 Å². The number of piperidine rings is 1. The molecule has 0 spiro atoms. The molecule has 1 aliphatic rings. The van der Waals surface area contributed by atoms with Crippen molar-refractivity contribution in [3.8, 4) is 0 Å². The van der Waals surface area contributed by atoms with Crippen molar-refractivity contribution in [2.75, 3.05) is 18.0 Å². The number of carboxylic acid groups (broad SMARTS) is 1. The first kappa shape index (κ1) is 18.8. The third-order valence-electron chi connectivity index (χ3n) is 4.34. The van der Waals surface area contributed by atoms with Crippen molar-refractivity contribution in [1.82, 2.24) is 10.2 Å². The van der Waals surface area contributed by atoms with Crippen molar-refractivity contribution in [1.29, 1.82) is 0 Å². The topological polar surface area (TPSA) is 66.3 Å². The SMILES string of the molecule is O=C(O)c1ccc(N2CCC(=C(F)c3ccccc3C(F)(F)F)CC2)nn1. The maximum atomic E-state index is 14.8. The molecule has 1 aromatic carbocycles. The number of nitrogens with zero attached hydrogens (tertiary/aromatic N) is 3. The predicted octanol–water partition coefficient (Wildman–Crippen LogP) is 4.17. The zero-order valence-electron chi connectivity index (χ0n) is 14.0. The number of benzene rings is 1. The van der Waals surface area contributed by atoms with Gasteiger partial charge in [-0.1, -0.05) is 18.2 Å². The Labute approximate surface area is 151 Å². The van der Waals surface area contributed by atoms with Gasteiger partial charge < -0.3 is 10.0 Å². The summed E-state index contributed by atoms with van der Waals surface area (Å²) in [5.74, 6) is -1.59. The fourth-order valence-corrected chi connectivity index (χ4v) is 2.95. The Balaban J connectivity index is 1.78. The van der Waals surface area contributed by atoms with Crippen LogP contribution >= 0.6 is 0 Å². The molecule has 0 saturated carbocycles. The summed E-state index contributed by atoms with van der Waals surface area (Å²) in [6.07, 6.45) is -4.16. The number of alkyl halides is 3. The van der Waals surface area contributed by atoms with E-state index in [2.05, 4.69) is 10.2 Å². The summed E-state index contributed by atoms with van der Waals surface area (Å²) in [5.41, 5.74) is -1.31. The Hall–Kier alpha value is -2.97. The summed E-state index contributed by atoms with van der Waals surface area (Å²) in [6, 6.07) is 7.42. The monoisotopic (exact) mass is 381 g/mol. The van der Waals surface area contributed by atoms with E-state index in [1.54, 1.807) is 4.90 Å². The first-order chi connectivity index (χ1) is 12.8. The van der Waals surface area contributed by atoms with Gasteiger partial charge in [0.05, 0.1) is 5.56 Å². The zero-order chi connectivity index (χ0) is 19.6. The van der Waals surface area contributed by atoms with E-state index in [0.717, 1.165) is 12.1 Å². The third kappa shape index (κ3) is 4.07. The number of anilines is 1. The average molecular weight is 381 g/mol. The van der Waals surface area contributed by atoms with E-state index in [4.69, 9.17) is 5.11 Å². The van der Waals surface area contributed by atoms with Crippen LogP contribution in [0.1, 0.15) is 34.5 Å². The number of hydrogen-bond acceptors (Lipinski definition) is 4. The van der Waals surface area contributed by atoms with Crippen molar-refractivity contribution in [2.24, 2.45) is 0 Å². The van der Waals surface area contributed by atoms with Gasteiger partial charge >= 0.3 is 12.1 Å². The van der Waals surface area contributed by atoms with Crippen molar-refractivity contribution in [2.45, 2.75) is 19.0 Å². The highest BCUT2D eigenvalue weighted by atomic mass is 19.4. The number of rotatable bonds is 3. The maximum absolute atomic E-state index is 14.8. The Morgan fingerprint density at radius 2 is 1.70 bits per heavy atom. The third-order valence-corrected chi connectivity index (χ3v) is 4.34. The molecule has 1 aromatic heterocycles. The van der Waals surface area contributed by atoms with Crippen LogP contribution in [-0.4, -0.2) is 34.4 Å². The van der Waals surface area contributed by atoms with E-state index < -0.39 is 29.1 Å². The van der Waals surface area contributed by atoms with Crippen LogP contribution in [0.4, 0.5) is 23.4 Å². The second kappa shape index (κ2) is 7.34. The number of halogens is 4. The van der Waals surface area contributed by atoms with Crippen LogP contribution in [0.3, 0.4) is 0 Å². The molecular formula is C18H15F4N3O2. The first-order valence-electron chi connectivity index (χ1n) is 8.13. The molecule has 2 heterocycles. The van der Waals surface area contributed by atoms with Crippen molar-refractivity contribution in [3.05, 3.63) is 58.8 Å². The highest BCUT2D eigenvalue weighted by Crippen LogP contribution is 2.38. The summed E-state index contributed by atoms with van der Waals surface area (Å²) in [5, 5.41) is 16.3. The molecule has 9 heteroatoms. The van der Waals surface area contributed by atoms with Gasteiger partial charge in [0.15, 0.2) is 11.5 Å². The number of carboxylic acids is 1. The molecule has 3 rings (SSSR count). The predicted molar refractivity (Wildman–Crippen MR) is 89.9 cm³/mol. The molecule has 2 aromatic rings. The van der Waals surface area contributed by atoms with Gasteiger partial charge in [-0.05, 0) is 36.6 Å². The van der Waals surface area contributed by atoms with Crippen LogP contribution < -0.4 is 4.90 Å². The zero-order valence-corrected chi connectivity index (χ0v) is 14.0. The molecule has 0 amide bonds. The van der Waals surface area contributed by atoms with Gasteiger partial charge in [0, 0.05) is 18.7 Å². The highest BCUT2D eigenvalue weighted by molar-refractivity contribution is 5.85. The van der Waals surface area contributed by atoms with Gasteiger partial charge in [-0.2, -0.15) is 13.2 Å². The fraction of sp³-hybridized carbons (Fsp3) is 0.278. The minimum absolute atomic E-state index is 0.189. The minimum Gasteiger partial charge on any atom is -0.476 e. The summed E-state index contributed by atoms with van der Waals surface area (Å²) in [7, 11) is 0. The lowest BCUT2D eigenvalue weighted by atomic mass is 9.97. The first-order valence-corrected chi connectivity index (χ1v) is 8.13. The van der Waals surface area contributed by atoms with Gasteiger partial charge in [0.2, 0.25) is 0 Å². The normalized spacial score (nSPS) is 15.0. The van der Waals surface area contributed by atoms with Gasteiger partial charge in [-0.25, -0.2) is 9.18 Å². The van der Waals surface area contributed by atoms with Crippen molar-refractivity contribution in [3.63, 3.8) is 0 Å². The molecule has 1 aliphatic heterocycles. The molecule has 0 atom stereocenters. The summed E-state index contributed by atoms with van der Waals surface area (Å²) in [4.78, 5) is 12.6. The summed E-state index contributed by atoms with van der Waals surface area (Å²) >= 11 is 0. The Morgan fingerprint density at radius 3 is 2.26 bits per heavy atom. The second-order valence-electron chi connectivity index (χ2n) is 6.03. The molecule has 1 N–H and O–H groups in total. The lowest BCUT2D eigenvalue weighted by Crippen LogP contribution is -2.31. The van der Waals surface area contributed by atoms with Crippen LogP contribution in [0, 0.1) is 0 Å². The van der Waals surface area contributed by atoms with E-state index in [1.165, 1.54) is 24.3 Å². The molecule has 142 valence electrons. The van der Waals surface area contributed by atoms with E-state index in [-0.39, 0.29) is 18.5 Å². The molecule has 0 radical (unpaired) electrons. The van der Waals surface area contributed by atoms with Gasteiger partial charge in [-0.15, -0.1) is 10.2 Å². The van der Waals surface area contributed by atoms with Crippen molar-refractivity contribution < 1.29 is 27.5 Å². The smallest absolute Gasteiger partial charge is 0.417 e. The highest BCUT2D eigenvalue weighted by Gasteiger charge is 2.34. The van der Waals surface area contributed by atoms with E-state index >= 15 is 0 Å². The largest absolute Gasteiger partial charge is 0.476 e. The van der Waals surface area contributed by atoms with Crippen LogP contribution in [0.15, 0.2) is 42.0 Å². The molecule has 1 fully saturated rings. The molecule has 0 aliphatic carbocycles. The molecular weight excluding hydrogens is 366 g/mol. The lowest BCUT2D eigenvalue weighted by Gasteiger charge is -2.29. The maximum Gasteiger partial charge on any atom is 0.417 e. The summed E-state index contributed by atoms with van der Waals surface area (Å²) < 4.78 is 54.0. The average Bonchev–Trinajstić information content (AvgIpc) is 2.67. The Kier molecular flexibility index (Phi) is 5.11. The number of carbonyl (C=O) groups is 1. The second-order valence-corrected chi connectivity index (χ2v) is 6.03. The number of aromatic carboxylic acids is 1.